The minimum Gasteiger partial charge on any atom is -0.489 e. The Balaban J connectivity index is 1.45. The Kier molecular flexibility index (Phi) is 9.02. The van der Waals surface area contributed by atoms with Gasteiger partial charge in [-0.05, 0) is 41.7 Å². The Bertz CT molecular complexity index is 1450. The average molecular weight is 589 g/mol. The number of sulfonamides is 1. The summed E-state index contributed by atoms with van der Waals surface area (Å²) in [6.45, 7) is 5.42. The van der Waals surface area contributed by atoms with Crippen molar-refractivity contribution in [1.82, 2.24) is 14.3 Å². The maximum Gasteiger partial charge on any atom is 0.222 e. The quantitative estimate of drug-likeness (QED) is 0.331. The van der Waals surface area contributed by atoms with Crippen molar-refractivity contribution in [3.63, 3.8) is 0 Å². The molecule has 206 valence electrons. The second kappa shape index (κ2) is 12.1. The molecule has 0 unspecified atom stereocenters. The number of anilines is 1. The van der Waals surface area contributed by atoms with Crippen LogP contribution in [0.4, 0.5) is 5.95 Å². The smallest absolute Gasteiger partial charge is 0.222 e. The predicted molar refractivity (Wildman–Crippen MR) is 155 cm³/mol. The molecule has 4 rings (SSSR count). The molecule has 0 atom stereocenters. The number of nitrogens with one attached hydrogen (secondary N) is 1. The molecular weight excluding hydrogens is 557 g/mol. The average Bonchev–Trinajstić information content (AvgIpc) is 2.92. The predicted octanol–water partition coefficient (Wildman–Crippen LogP) is 5.45. The molecule has 11 heteroatoms. The molecule has 0 radical (unpaired) electrons. The molecule has 1 aliphatic heterocycles. The minimum absolute atomic E-state index is 0.131. The molecule has 0 saturated carbocycles. The first-order valence-electron chi connectivity index (χ1n) is 12.6. The molecule has 8 nitrogen and oxygen atoms in total. The Labute approximate surface area is 240 Å². The van der Waals surface area contributed by atoms with Crippen LogP contribution in [0, 0.1) is 11.3 Å². The number of rotatable bonds is 9. The van der Waals surface area contributed by atoms with Gasteiger partial charge in [-0.3, -0.25) is 0 Å². The van der Waals surface area contributed by atoms with E-state index < -0.39 is 15.4 Å². The Morgan fingerprint density at radius 1 is 1.10 bits per heavy atom. The molecule has 3 aromatic rings. The van der Waals surface area contributed by atoms with Crippen LogP contribution in [0.3, 0.4) is 0 Å². The topological polar surface area (TPSA) is 108 Å². The number of halogens is 2. The highest BCUT2D eigenvalue weighted by Crippen LogP contribution is 2.38. The fourth-order valence-corrected chi connectivity index (χ4v) is 5.86. The summed E-state index contributed by atoms with van der Waals surface area (Å²) in [6, 6.07) is 14.1. The number of aromatic nitrogens is 2. The van der Waals surface area contributed by atoms with E-state index in [1.807, 2.05) is 24.3 Å². The first-order chi connectivity index (χ1) is 18.5. The Morgan fingerprint density at radius 2 is 1.74 bits per heavy atom. The highest BCUT2D eigenvalue weighted by atomic mass is 35.5. The van der Waals surface area contributed by atoms with Crippen LogP contribution < -0.4 is 10.1 Å². The molecule has 0 amide bonds. The molecule has 1 aromatic heterocycles. The van der Waals surface area contributed by atoms with Crippen molar-refractivity contribution in [1.29, 1.82) is 5.26 Å². The molecule has 1 saturated heterocycles. The molecule has 1 fully saturated rings. The zero-order chi connectivity index (χ0) is 28.2. The van der Waals surface area contributed by atoms with E-state index in [9.17, 15) is 13.7 Å². The van der Waals surface area contributed by atoms with Crippen LogP contribution in [0.5, 0.6) is 5.75 Å². The minimum atomic E-state index is -3.15. The lowest BCUT2D eigenvalue weighted by molar-refractivity contribution is 0.331. The lowest BCUT2D eigenvalue weighted by atomic mass is 9.77. The monoisotopic (exact) mass is 587 g/mol. The highest BCUT2D eigenvalue weighted by Gasteiger charge is 2.27. The van der Waals surface area contributed by atoms with Gasteiger partial charge >= 0.3 is 0 Å². The molecule has 1 aliphatic rings. The highest BCUT2D eigenvalue weighted by molar-refractivity contribution is 7.88. The third kappa shape index (κ3) is 6.82. The van der Waals surface area contributed by atoms with Gasteiger partial charge in [0.15, 0.2) is 5.75 Å². The van der Waals surface area contributed by atoms with Gasteiger partial charge in [-0.25, -0.2) is 22.7 Å². The van der Waals surface area contributed by atoms with Crippen molar-refractivity contribution >= 4 is 39.2 Å². The molecule has 0 bridgehead atoms. The Morgan fingerprint density at radius 3 is 2.31 bits per heavy atom. The molecule has 1 N–H and O–H groups in total. The number of nitriles is 1. The van der Waals surface area contributed by atoms with Gasteiger partial charge in [0.2, 0.25) is 16.0 Å². The van der Waals surface area contributed by atoms with Crippen LogP contribution in [0.2, 0.25) is 5.02 Å². The van der Waals surface area contributed by atoms with Crippen molar-refractivity contribution in [3.8, 4) is 22.9 Å². The van der Waals surface area contributed by atoms with Crippen molar-refractivity contribution in [2.75, 3.05) is 37.1 Å². The number of piperidine rings is 1. The van der Waals surface area contributed by atoms with Gasteiger partial charge in [-0.2, -0.15) is 5.26 Å². The summed E-state index contributed by atoms with van der Waals surface area (Å²) in [7, 11) is -3.15. The summed E-state index contributed by atoms with van der Waals surface area (Å²) >= 11 is 12.2. The Hall–Kier alpha value is -2.90. The normalized spacial score (nSPS) is 15.1. The van der Waals surface area contributed by atoms with Gasteiger partial charge in [0.1, 0.15) is 12.7 Å². The van der Waals surface area contributed by atoms with Gasteiger partial charge in [0.05, 0.1) is 22.7 Å². The summed E-state index contributed by atoms with van der Waals surface area (Å²) in [5.41, 5.74) is 3.77. The number of benzene rings is 2. The molecule has 0 aliphatic carbocycles. The molecule has 2 heterocycles. The van der Waals surface area contributed by atoms with E-state index >= 15 is 0 Å². The lowest BCUT2D eigenvalue weighted by Crippen LogP contribution is -2.42. The summed E-state index contributed by atoms with van der Waals surface area (Å²) in [6.07, 6.45) is 6.21. The fraction of sp³-hybridized carbons (Fsp3) is 0.393. The summed E-state index contributed by atoms with van der Waals surface area (Å²) < 4.78 is 30.5. The van der Waals surface area contributed by atoms with Crippen molar-refractivity contribution in [2.24, 2.45) is 0 Å². The number of hydrogen-bond acceptors (Lipinski definition) is 7. The van der Waals surface area contributed by atoms with E-state index in [1.165, 1.54) is 10.6 Å². The first kappa shape index (κ1) is 29.1. The van der Waals surface area contributed by atoms with E-state index in [1.54, 1.807) is 12.4 Å². The summed E-state index contributed by atoms with van der Waals surface area (Å²) in [5.74, 6) is 1.18. The molecule has 39 heavy (non-hydrogen) atoms. The summed E-state index contributed by atoms with van der Waals surface area (Å²) in [5, 5.41) is 13.3. The maximum absolute atomic E-state index is 11.7. The molecule has 2 aromatic carbocycles. The largest absolute Gasteiger partial charge is 0.489 e. The first-order valence-corrected chi connectivity index (χ1v) is 15.4. The van der Waals surface area contributed by atoms with E-state index in [4.69, 9.17) is 27.9 Å². The second-order valence-corrected chi connectivity index (χ2v) is 12.8. The second-order valence-electron chi connectivity index (χ2n) is 10.1. The molecule has 0 spiro atoms. The van der Waals surface area contributed by atoms with Crippen LogP contribution in [0.15, 0.2) is 48.8 Å². The number of hydrogen-bond donors (Lipinski definition) is 1. The van der Waals surface area contributed by atoms with E-state index in [0.717, 1.165) is 22.3 Å². The number of nitrogens with zero attached hydrogens (tertiary/aromatic N) is 4. The van der Waals surface area contributed by atoms with Crippen molar-refractivity contribution in [3.05, 3.63) is 70.5 Å². The van der Waals surface area contributed by atoms with E-state index in [2.05, 4.69) is 47.3 Å². The van der Waals surface area contributed by atoms with E-state index in [-0.39, 0.29) is 12.6 Å². The lowest BCUT2D eigenvalue weighted by Gasteiger charge is -2.30. The van der Waals surface area contributed by atoms with Crippen molar-refractivity contribution in [2.45, 2.75) is 38.1 Å². The van der Waals surface area contributed by atoms with Crippen LogP contribution >= 0.6 is 23.2 Å². The maximum atomic E-state index is 11.7. The molecular formula is C28H31Cl2N5O3S. The van der Waals surface area contributed by atoms with Crippen LogP contribution in [-0.2, 0) is 15.4 Å². The van der Waals surface area contributed by atoms with E-state index in [0.29, 0.717) is 54.1 Å². The van der Waals surface area contributed by atoms with Gasteiger partial charge in [-0.15, -0.1) is 11.6 Å². The zero-order valence-corrected chi connectivity index (χ0v) is 24.4. The summed E-state index contributed by atoms with van der Waals surface area (Å²) in [4.78, 5) is 8.95. The van der Waals surface area contributed by atoms with Crippen molar-refractivity contribution < 1.29 is 13.2 Å². The van der Waals surface area contributed by atoms with Crippen LogP contribution in [-0.4, -0.2) is 60.6 Å². The standard InChI is InChI=1S/C28H31Cl2N5O3S/c1-28(2,23-14-20(16-31)26(25(30)15-23)38-13-10-29)22-6-4-19(5-7-22)21-17-32-27(33-18-21)34-24-8-11-35(12-9-24)39(3,36)37/h4-7,14-15,17-18,24H,8-13H2,1-3H3,(H,32,33,34). The zero-order valence-electron chi connectivity index (χ0n) is 22.1. The number of alkyl halides is 1. The SMILES string of the molecule is CC(C)(c1ccc(-c2cnc(NC3CCN(S(C)(=O)=O)CC3)nc2)cc1)c1cc(Cl)c(OCCCl)c(C#N)c1. The van der Waals surface area contributed by atoms with Gasteiger partial charge in [0.25, 0.3) is 0 Å². The van der Waals surface area contributed by atoms with Crippen LogP contribution in [0.25, 0.3) is 11.1 Å². The number of ether oxygens (including phenoxy) is 1. The fourth-order valence-electron chi connectivity index (χ4n) is 4.64. The van der Waals surface area contributed by atoms with Gasteiger partial charge in [0, 0.05) is 42.5 Å². The van der Waals surface area contributed by atoms with Gasteiger partial charge in [-0.1, -0.05) is 49.7 Å². The van der Waals surface area contributed by atoms with Gasteiger partial charge < -0.3 is 10.1 Å². The van der Waals surface area contributed by atoms with Crippen LogP contribution in [0.1, 0.15) is 43.4 Å². The third-order valence-electron chi connectivity index (χ3n) is 7.06. The third-order valence-corrected chi connectivity index (χ3v) is 8.80.